The predicted molar refractivity (Wildman–Crippen MR) is 83.3 cm³/mol. The van der Waals surface area contributed by atoms with Gasteiger partial charge in [0.1, 0.15) is 0 Å². The van der Waals surface area contributed by atoms with E-state index in [0.717, 1.165) is 5.69 Å². The van der Waals surface area contributed by atoms with E-state index in [0.29, 0.717) is 0 Å². The van der Waals surface area contributed by atoms with Crippen LogP contribution in [0.3, 0.4) is 0 Å². The summed E-state index contributed by atoms with van der Waals surface area (Å²) in [6, 6.07) is 19.0. The van der Waals surface area contributed by atoms with Crippen LogP contribution in [0.15, 0.2) is 59.6 Å². The van der Waals surface area contributed by atoms with E-state index in [1.54, 1.807) is 0 Å². The molecule has 3 aromatic rings. The van der Waals surface area contributed by atoms with Crippen LogP contribution in [0, 0.1) is 0 Å². The lowest BCUT2D eigenvalue weighted by Crippen LogP contribution is -2.07. The fourth-order valence-corrected chi connectivity index (χ4v) is 2.30. The molecule has 2 nitrogen and oxygen atoms in total. The van der Waals surface area contributed by atoms with E-state index in [1.165, 1.54) is 21.5 Å². The zero-order valence-electron chi connectivity index (χ0n) is 11.2. The van der Waals surface area contributed by atoms with Gasteiger partial charge in [-0.3, -0.25) is 0 Å². The molecule has 0 unspecified atom stereocenters. The maximum absolute atomic E-state index is 4.66. The van der Waals surface area contributed by atoms with Crippen LogP contribution in [0.25, 0.3) is 21.5 Å². The quantitative estimate of drug-likeness (QED) is 0.377. The second-order valence-corrected chi connectivity index (χ2v) is 4.88. The molecule has 94 valence electrons. The van der Waals surface area contributed by atoms with Gasteiger partial charge in [0.15, 0.2) is 0 Å². The zero-order chi connectivity index (χ0) is 13.2. The van der Waals surface area contributed by atoms with Crippen molar-refractivity contribution in [1.29, 1.82) is 0 Å². The second-order valence-electron chi connectivity index (χ2n) is 4.88. The van der Waals surface area contributed by atoms with Gasteiger partial charge >= 0.3 is 0 Å². The standard InChI is InChI=1S/C17H16N2/c1-19(2)12-18-17-15-9-5-3-7-13(15)11-14-8-4-6-10-16(14)17/h3-12H,1-2H3. The van der Waals surface area contributed by atoms with Crippen LogP contribution in [0.4, 0.5) is 5.69 Å². The summed E-state index contributed by atoms with van der Waals surface area (Å²) in [6.07, 6.45) is 1.86. The van der Waals surface area contributed by atoms with Crippen LogP contribution in [0.2, 0.25) is 0 Å². The smallest absolute Gasteiger partial charge is 0.0907 e. The van der Waals surface area contributed by atoms with Gasteiger partial charge in [0.25, 0.3) is 0 Å². The van der Waals surface area contributed by atoms with E-state index in [2.05, 4.69) is 59.6 Å². The first-order valence-corrected chi connectivity index (χ1v) is 6.37. The molecule has 0 radical (unpaired) electrons. The van der Waals surface area contributed by atoms with Crippen molar-refractivity contribution in [2.45, 2.75) is 0 Å². The molecule has 0 aromatic heterocycles. The third kappa shape index (κ3) is 2.17. The molecule has 0 fully saturated rings. The van der Waals surface area contributed by atoms with Crippen molar-refractivity contribution in [2.75, 3.05) is 14.1 Å². The minimum atomic E-state index is 1.04. The number of hydrogen-bond acceptors (Lipinski definition) is 1. The average molecular weight is 248 g/mol. The van der Waals surface area contributed by atoms with Crippen molar-refractivity contribution < 1.29 is 0 Å². The summed E-state index contributed by atoms with van der Waals surface area (Å²) < 4.78 is 0. The Morgan fingerprint density at radius 3 is 1.89 bits per heavy atom. The lowest BCUT2D eigenvalue weighted by molar-refractivity contribution is 0.643. The summed E-state index contributed by atoms with van der Waals surface area (Å²) in [7, 11) is 3.97. The van der Waals surface area contributed by atoms with E-state index in [9.17, 15) is 0 Å². The van der Waals surface area contributed by atoms with Crippen molar-refractivity contribution in [1.82, 2.24) is 4.90 Å². The minimum Gasteiger partial charge on any atom is -0.369 e. The Hall–Kier alpha value is -2.35. The summed E-state index contributed by atoms with van der Waals surface area (Å²) >= 11 is 0. The van der Waals surface area contributed by atoms with E-state index < -0.39 is 0 Å². The highest BCUT2D eigenvalue weighted by molar-refractivity contribution is 6.10. The van der Waals surface area contributed by atoms with Crippen LogP contribution in [0.5, 0.6) is 0 Å². The van der Waals surface area contributed by atoms with Gasteiger partial charge in [0.2, 0.25) is 0 Å². The summed E-state index contributed by atoms with van der Waals surface area (Å²) in [5.41, 5.74) is 1.04. The van der Waals surface area contributed by atoms with Crippen LogP contribution in [-0.4, -0.2) is 25.3 Å². The molecule has 0 amide bonds. The normalized spacial score (nSPS) is 11.5. The first kappa shape index (κ1) is 11.7. The minimum absolute atomic E-state index is 1.04. The molecular weight excluding hydrogens is 232 g/mol. The van der Waals surface area contributed by atoms with E-state index in [1.807, 2.05) is 25.3 Å². The average Bonchev–Trinajstić information content (AvgIpc) is 2.43. The molecule has 0 aliphatic heterocycles. The van der Waals surface area contributed by atoms with Crippen LogP contribution >= 0.6 is 0 Å². The Labute approximate surface area is 113 Å². The largest absolute Gasteiger partial charge is 0.369 e. The highest BCUT2D eigenvalue weighted by atomic mass is 15.1. The maximum Gasteiger partial charge on any atom is 0.0907 e. The molecule has 0 aliphatic rings. The summed E-state index contributed by atoms with van der Waals surface area (Å²) in [5.74, 6) is 0. The van der Waals surface area contributed by atoms with Crippen molar-refractivity contribution >= 4 is 33.6 Å². The summed E-state index contributed by atoms with van der Waals surface area (Å²) in [6.45, 7) is 0. The van der Waals surface area contributed by atoms with Crippen LogP contribution < -0.4 is 0 Å². The molecule has 0 atom stereocenters. The van der Waals surface area contributed by atoms with Gasteiger partial charge < -0.3 is 4.90 Å². The van der Waals surface area contributed by atoms with Gasteiger partial charge in [-0.1, -0.05) is 48.5 Å². The van der Waals surface area contributed by atoms with Gasteiger partial charge in [-0.2, -0.15) is 0 Å². The Morgan fingerprint density at radius 1 is 0.842 bits per heavy atom. The van der Waals surface area contributed by atoms with Crippen molar-refractivity contribution in [3.63, 3.8) is 0 Å². The monoisotopic (exact) mass is 248 g/mol. The SMILES string of the molecule is CN(C)C=Nc1c2ccccc2cc2ccccc12. The number of fused-ring (bicyclic) bond motifs is 2. The number of nitrogens with zero attached hydrogens (tertiary/aromatic N) is 2. The van der Waals surface area contributed by atoms with Crippen molar-refractivity contribution in [2.24, 2.45) is 4.99 Å². The first-order chi connectivity index (χ1) is 9.25. The lowest BCUT2D eigenvalue weighted by Gasteiger charge is -2.09. The van der Waals surface area contributed by atoms with Crippen LogP contribution in [-0.2, 0) is 0 Å². The molecule has 2 heteroatoms. The van der Waals surface area contributed by atoms with Gasteiger partial charge in [-0.25, -0.2) is 4.99 Å². The third-order valence-electron chi connectivity index (χ3n) is 3.16. The molecular formula is C17H16N2. The third-order valence-corrected chi connectivity index (χ3v) is 3.16. The highest BCUT2D eigenvalue weighted by Gasteiger charge is 2.05. The number of rotatable bonds is 2. The number of aliphatic imine (C=N–C) groups is 1. The predicted octanol–water partition coefficient (Wildman–Crippen LogP) is 4.21. The maximum atomic E-state index is 4.66. The zero-order valence-corrected chi connectivity index (χ0v) is 11.2. The number of benzene rings is 3. The van der Waals surface area contributed by atoms with E-state index in [4.69, 9.17) is 0 Å². The molecule has 0 saturated heterocycles. The van der Waals surface area contributed by atoms with E-state index in [-0.39, 0.29) is 0 Å². The van der Waals surface area contributed by atoms with Gasteiger partial charge in [0.05, 0.1) is 12.0 Å². The first-order valence-electron chi connectivity index (χ1n) is 6.37. The van der Waals surface area contributed by atoms with Crippen LogP contribution in [0.1, 0.15) is 0 Å². The Bertz CT molecular complexity index is 703. The Balaban J connectivity index is 2.39. The lowest BCUT2D eigenvalue weighted by atomic mass is 10.0. The van der Waals surface area contributed by atoms with Gasteiger partial charge in [-0.05, 0) is 16.8 Å². The molecule has 0 aliphatic carbocycles. The van der Waals surface area contributed by atoms with E-state index >= 15 is 0 Å². The molecule has 0 bridgehead atoms. The Kier molecular flexibility index (Phi) is 2.92. The van der Waals surface area contributed by atoms with Gasteiger partial charge in [-0.15, -0.1) is 0 Å². The fraction of sp³-hybridized carbons (Fsp3) is 0.118. The highest BCUT2D eigenvalue weighted by Crippen LogP contribution is 2.34. The summed E-state index contributed by atoms with van der Waals surface area (Å²) in [4.78, 5) is 6.62. The molecule has 3 rings (SSSR count). The Morgan fingerprint density at radius 2 is 1.37 bits per heavy atom. The molecule has 0 heterocycles. The molecule has 0 N–H and O–H groups in total. The molecule has 0 saturated carbocycles. The number of hydrogen-bond donors (Lipinski definition) is 0. The second kappa shape index (κ2) is 4.73. The molecule has 0 spiro atoms. The van der Waals surface area contributed by atoms with Crippen molar-refractivity contribution in [3.8, 4) is 0 Å². The van der Waals surface area contributed by atoms with Gasteiger partial charge in [0, 0.05) is 24.9 Å². The van der Waals surface area contributed by atoms with Crippen molar-refractivity contribution in [3.05, 3.63) is 54.6 Å². The molecule has 3 aromatic carbocycles. The fourth-order valence-electron chi connectivity index (χ4n) is 2.30. The molecule has 19 heavy (non-hydrogen) atoms. The topological polar surface area (TPSA) is 15.6 Å². The summed E-state index contributed by atoms with van der Waals surface area (Å²) in [5, 5.41) is 4.85.